The van der Waals surface area contributed by atoms with Gasteiger partial charge in [-0.2, -0.15) is 16.8 Å². The van der Waals surface area contributed by atoms with Crippen molar-refractivity contribution in [1.29, 1.82) is 0 Å². The Morgan fingerprint density at radius 1 is 1.18 bits per heavy atom. The fraction of sp³-hybridized carbons (Fsp3) is 1.00. The predicted octanol–water partition coefficient (Wildman–Crippen LogP) is 0.799. The van der Waals surface area contributed by atoms with Crippen molar-refractivity contribution < 1.29 is 25.6 Å². The van der Waals surface area contributed by atoms with Gasteiger partial charge in [0.05, 0.1) is 17.6 Å². The van der Waals surface area contributed by atoms with Crippen LogP contribution in [0.1, 0.15) is 32.6 Å². The van der Waals surface area contributed by atoms with E-state index in [1.165, 1.54) is 0 Å². The molecule has 17 heavy (non-hydrogen) atoms. The minimum Gasteiger partial charge on any atom is -0.286 e. The molecule has 102 valence electrons. The molecular formula is C9H18O6S2. The maximum Gasteiger partial charge on any atom is 0.268 e. The van der Waals surface area contributed by atoms with Crippen molar-refractivity contribution in [3.63, 3.8) is 0 Å². The van der Waals surface area contributed by atoms with Crippen LogP contribution in [0.3, 0.4) is 0 Å². The lowest BCUT2D eigenvalue weighted by molar-refractivity contribution is 0.162. The standard InChI is InChI=1S/C9H18O6S2/c1-8(9-4-2-3-5-9)15-17(13,14)7-6-16(10,11)12/h8-9H,2-7H2,1H3,(H,10,11,12). The van der Waals surface area contributed by atoms with Crippen LogP contribution in [-0.4, -0.2) is 39.0 Å². The van der Waals surface area contributed by atoms with Gasteiger partial charge in [-0.3, -0.25) is 8.74 Å². The first-order valence-electron chi connectivity index (χ1n) is 5.56. The lowest BCUT2D eigenvalue weighted by Crippen LogP contribution is -2.26. The summed E-state index contributed by atoms with van der Waals surface area (Å²) in [6, 6.07) is 0. The molecule has 1 atom stereocenters. The van der Waals surface area contributed by atoms with E-state index < -0.39 is 37.8 Å². The lowest BCUT2D eigenvalue weighted by Gasteiger charge is -2.18. The molecule has 0 spiro atoms. The highest BCUT2D eigenvalue weighted by Gasteiger charge is 2.27. The molecule has 0 bridgehead atoms. The minimum atomic E-state index is -4.27. The van der Waals surface area contributed by atoms with Crippen LogP contribution in [0.25, 0.3) is 0 Å². The first-order chi connectivity index (χ1) is 7.70. The van der Waals surface area contributed by atoms with Crippen molar-refractivity contribution in [2.45, 2.75) is 38.7 Å². The van der Waals surface area contributed by atoms with Crippen LogP contribution < -0.4 is 0 Å². The molecule has 0 aromatic rings. The van der Waals surface area contributed by atoms with Gasteiger partial charge >= 0.3 is 0 Å². The van der Waals surface area contributed by atoms with E-state index in [4.69, 9.17) is 8.74 Å². The Morgan fingerprint density at radius 2 is 1.71 bits per heavy atom. The van der Waals surface area contributed by atoms with Crippen LogP contribution in [0, 0.1) is 5.92 Å². The van der Waals surface area contributed by atoms with Crippen molar-refractivity contribution in [2.24, 2.45) is 5.92 Å². The molecular weight excluding hydrogens is 268 g/mol. The van der Waals surface area contributed by atoms with Gasteiger partial charge in [-0.15, -0.1) is 0 Å². The van der Waals surface area contributed by atoms with Crippen molar-refractivity contribution in [3.05, 3.63) is 0 Å². The van der Waals surface area contributed by atoms with E-state index in [1.807, 2.05) is 0 Å². The van der Waals surface area contributed by atoms with Crippen LogP contribution in [0.2, 0.25) is 0 Å². The van der Waals surface area contributed by atoms with Gasteiger partial charge < -0.3 is 0 Å². The van der Waals surface area contributed by atoms with Crippen molar-refractivity contribution in [3.8, 4) is 0 Å². The Bertz CT molecular complexity index is 432. The summed E-state index contributed by atoms with van der Waals surface area (Å²) in [5.41, 5.74) is 0. The highest BCUT2D eigenvalue weighted by atomic mass is 32.2. The van der Waals surface area contributed by atoms with Crippen molar-refractivity contribution in [2.75, 3.05) is 11.5 Å². The van der Waals surface area contributed by atoms with Crippen LogP contribution in [0.5, 0.6) is 0 Å². The Morgan fingerprint density at radius 3 is 2.18 bits per heavy atom. The zero-order valence-corrected chi connectivity index (χ0v) is 11.3. The van der Waals surface area contributed by atoms with Crippen LogP contribution in [0.15, 0.2) is 0 Å². The summed E-state index contributed by atoms with van der Waals surface area (Å²) in [7, 11) is -8.16. The van der Waals surface area contributed by atoms with Gasteiger partial charge in [0, 0.05) is 0 Å². The normalized spacial score (nSPS) is 20.6. The Labute approximate surface area is 102 Å². The maximum absolute atomic E-state index is 11.4. The smallest absolute Gasteiger partial charge is 0.268 e. The second-order valence-electron chi connectivity index (χ2n) is 4.39. The largest absolute Gasteiger partial charge is 0.286 e. The van der Waals surface area contributed by atoms with Crippen molar-refractivity contribution in [1.82, 2.24) is 0 Å². The van der Waals surface area contributed by atoms with Gasteiger partial charge in [0.2, 0.25) is 0 Å². The lowest BCUT2D eigenvalue weighted by atomic mass is 10.0. The highest BCUT2D eigenvalue weighted by molar-refractivity contribution is 7.90. The second-order valence-corrected chi connectivity index (χ2v) is 7.68. The summed E-state index contributed by atoms with van der Waals surface area (Å²) < 4.78 is 57.2. The molecule has 1 N–H and O–H groups in total. The Kier molecular flexibility index (Phi) is 4.94. The molecule has 8 heteroatoms. The molecule has 1 unspecified atom stereocenters. The topological polar surface area (TPSA) is 97.7 Å². The molecule has 0 radical (unpaired) electrons. The summed E-state index contributed by atoms with van der Waals surface area (Å²) in [6.45, 7) is 1.68. The van der Waals surface area contributed by atoms with Gasteiger partial charge in [0.15, 0.2) is 0 Å². The number of hydrogen-bond donors (Lipinski definition) is 1. The van der Waals surface area contributed by atoms with Crippen LogP contribution in [0.4, 0.5) is 0 Å². The maximum atomic E-state index is 11.4. The molecule has 1 saturated carbocycles. The molecule has 0 amide bonds. The third-order valence-corrected chi connectivity index (χ3v) is 5.23. The molecule has 0 aromatic heterocycles. The molecule has 1 aliphatic carbocycles. The van der Waals surface area contributed by atoms with E-state index >= 15 is 0 Å². The van der Waals surface area contributed by atoms with Crippen LogP contribution >= 0.6 is 0 Å². The zero-order valence-electron chi connectivity index (χ0n) is 9.70. The van der Waals surface area contributed by atoms with Crippen molar-refractivity contribution >= 4 is 20.2 Å². The summed E-state index contributed by atoms with van der Waals surface area (Å²) >= 11 is 0. The summed E-state index contributed by atoms with van der Waals surface area (Å²) in [6.07, 6.45) is 3.60. The average Bonchev–Trinajstić information content (AvgIpc) is 2.66. The molecule has 1 fully saturated rings. The molecule has 0 aromatic carbocycles. The van der Waals surface area contributed by atoms with E-state index in [1.54, 1.807) is 6.92 Å². The van der Waals surface area contributed by atoms with E-state index in [0.29, 0.717) is 0 Å². The molecule has 1 rings (SSSR count). The molecule has 6 nitrogen and oxygen atoms in total. The third-order valence-electron chi connectivity index (χ3n) is 2.95. The predicted molar refractivity (Wildman–Crippen MR) is 62.7 cm³/mol. The summed E-state index contributed by atoms with van der Waals surface area (Å²) in [4.78, 5) is 0. The molecule has 0 heterocycles. The van der Waals surface area contributed by atoms with E-state index in [2.05, 4.69) is 0 Å². The fourth-order valence-electron chi connectivity index (χ4n) is 1.99. The van der Waals surface area contributed by atoms with E-state index in [0.717, 1.165) is 25.7 Å². The quantitative estimate of drug-likeness (QED) is 0.573. The molecule has 1 aliphatic rings. The zero-order chi connectivity index (χ0) is 13.1. The van der Waals surface area contributed by atoms with Gasteiger partial charge in [-0.1, -0.05) is 12.8 Å². The van der Waals surface area contributed by atoms with Gasteiger partial charge in [0.25, 0.3) is 20.2 Å². The second kappa shape index (κ2) is 5.64. The minimum absolute atomic E-state index is 0.218. The number of rotatable bonds is 6. The summed E-state index contributed by atoms with van der Waals surface area (Å²) in [5, 5.41) is 0. The monoisotopic (exact) mass is 286 g/mol. The fourth-order valence-corrected chi connectivity index (χ4v) is 4.37. The SMILES string of the molecule is CC(OS(=O)(=O)CCS(=O)(=O)O)C1CCCC1. The number of hydrogen-bond acceptors (Lipinski definition) is 5. The van der Waals surface area contributed by atoms with E-state index in [9.17, 15) is 16.8 Å². The Balaban J connectivity index is 2.48. The third kappa shape index (κ3) is 5.80. The molecule has 0 aliphatic heterocycles. The first kappa shape index (κ1) is 14.9. The van der Waals surface area contributed by atoms with Gasteiger partial charge in [0.1, 0.15) is 0 Å². The molecule has 0 saturated heterocycles. The Hall–Kier alpha value is -0.180. The van der Waals surface area contributed by atoms with E-state index in [-0.39, 0.29) is 5.92 Å². The summed E-state index contributed by atoms with van der Waals surface area (Å²) in [5.74, 6) is -1.31. The van der Waals surface area contributed by atoms with Gasteiger partial charge in [-0.05, 0) is 25.7 Å². The van der Waals surface area contributed by atoms with Crippen LogP contribution in [-0.2, 0) is 24.4 Å². The van der Waals surface area contributed by atoms with Gasteiger partial charge in [-0.25, -0.2) is 0 Å². The first-order valence-corrected chi connectivity index (χ1v) is 8.74. The highest BCUT2D eigenvalue weighted by Crippen LogP contribution is 2.29. The average molecular weight is 286 g/mol.